The van der Waals surface area contributed by atoms with Crippen molar-refractivity contribution < 1.29 is 4.74 Å². The quantitative estimate of drug-likeness (QED) is 0.469. The van der Waals surface area contributed by atoms with Crippen LogP contribution in [0.15, 0.2) is 54.9 Å². The predicted octanol–water partition coefficient (Wildman–Crippen LogP) is 4.69. The van der Waals surface area contributed by atoms with E-state index in [0.717, 1.165) is 39.9 Å². The van der Waals surface area contributed by atoms with Gasteiger partial charge in [0.1, 0.15) is 0 Å². The molecule has 0 aliphatic heterocycles. The lowest BCUT2D eigenvalue weighted by atomic mass is 10.3. The van der Waals surface area contributed by atoms with Gasteiger partial charge in [-0.15, -0.1) is 4.37 Å². The smallest absolute Gasteiger partial charge is 0.314 e. The summed E-state index contributed by atoms with van der Waals surface area (Å²) in [6.07, 6.45) is 3.87. The third-order valence-corrected chi connectivity index (χ3v) is 4.67. The summed E-state index contributed by atoms with van der Waals surface area (Å²) >= 11 is 1.37. The lowest BCUT2D eigenvalue weighted by Gasteiger charge is -2.01. The summed E-state index contributed by atoms with van der Waals surface area (Å²) in [6.45, 7) is 2.86. The van der Waals surface area contributed by atoms with Gasteiger partial charge < -0.3 is 9.72 Å². The summed E-state index contributed by atoms with van der Waals surface area (Å²) in [7, 11) is 0. The molecule has 5 rings (SSSR count). The number of hydrogen-bond acceptors (Lipinski definition) is 5. The van der Waals surface area contributed by atoms with Crippen LogP contribution in [0.25, 0.3) is 27.0 Å². The second-order valence-corrected chi connectivity index (χ2v) is 6.54. The van der Waals surface area contributed by atoms with Crippen molar-refractivity contribution >= 4 is 38.6 Å². The van der Waals surface area contributed by atoms with E-state index in [-0.39, 0.29) is 0 Å². The second kappa shape index (κ2) is 7.53. The lowest BCUT2D eigenvalue weighted by molar-refractivity contribution is 0.286. The number of fused-ring (bicyclic) bond motifs is 4. The van der Waals surface area contributed by atoms with Crippen LogP contribution >= 0.6 is 11.5 Å². The molecule has 1 N–H and O–H groups in total. The Labute approximate surface area is 154 Å². The number of ether oxygens (including phenoxy) is 1. The van der Waals surface area contributed by atoms with E-state index in [0.29, 0.717) is 12.6 Å². The monoisotopic (exact) mass is 365 g/mol. The minimum Gasteiger partial charge on any atom is -0.464 e. The first-order chi connectivity index (χ1) is 12.9. The van der Waals surface area contributed by atoms with Crippen molar-refractivity contribution in [3.8, 4) is 6.01 Å². The van der Waals surface area contributed by atoms with Gasteiger partial charge in [0.05, 0.1) is 35.0 Å². The largest absolute Gasteiger partial charge is 0.464 e. The first-order valence-corrected chi connectivity index (χ1v) is 9.38. The van der Waals surface area contributed by atoms with Crippen molar-refractivity contribution in [1.82, 2.24) is 23.7 Å². The van der Waals surface area contributed by atoms with Crippen molar-refractivity contribution in [2.45, 2.75) is 19.8 Å². The number of nitrogens with one attached hydrogen (secondary N) is 1. The highest BCUT2D eigenvalue weighted by Gasteiger charge is 2.12. The third-order valence-electron chi connectivity index (χ3n) is 3.98. The Morgan fingerprint density at radius 1 is 1.08 bits per heavy atom. The second-order valence-electron chi connectivity index (χ2n) is 5.81. The van der Waals surface area contributed by atoms with E-state index in [4.69, 9.17) is 4.74 Å². The predicted molar refractivity (Wildman–Crippen MR) is 105 cm³/mol. The van der Waals surface area contributed by atoms with Crippen molar-refractivity contribution in [3.05, 3.63) is 54.9 Å². The van der Waals surface area contributed by atoms with Crippen molar-refractivity contribution in [2.75, 3.05) is 6.61 Å². The summed E-state index contributed by atoms with van der Waals surface area (Å²) in [5.41, 5.74) is 4.17. The highest BCUT2D eigenvalue weighted by molar-refractivity contribution is 7.11. The Morgan fingerprint density at radius 2 is 1.88 bits per heavy atom. The molecule has 5 aromatic rings. The number of H-pyrrole nitrogens is 1. The van der Waals surface area contributed by atoms with Crippen LogP contribution in [-0.4, -0.2) is 30.3 Å². The Morgan fingerprint density at radius 3 is 2.73 bits per heavy atom. The molecule has 0 fully saturated rings. The normalized spacial score (nSPS) is 11.0. The molecular formula is C19H19N5OS. The molecule has 0 amide bonds. The van der Waals surface area contributed by atoms with E-state index < -0.39 is 0 Å². The molecule has 0 aliphatic rings. The zero-order chi connectivity index (χ0) is 17.8. The first kappa shape index (κ1) is 16.5. The molecule has 132 valence electrons. The van der Waals surface area contributed by atoms with Gasteiger partial charge in [-0.25, -0.2) is 14.4 Å². The van der Waals surface area contributed by atoms with Crippen LogP contribution in [0.3, 0.4) is 0 Å². The van der Waals surface area contributed by atoms with Gasteiger partial charge in [0, 0.05) is 11.5 Å². The molecule has 0 saturated carbocycles. The van der Waals surface area contributed by atoms with E-state index in [1.165, 1.54) is 11.5 Å². The van der Waals surface area contributed by atoms with Crippen LogP contribution in [0.4, 0.5) is 0 Å². The van der Waals surface area contributed by atoms with Crippen molar-refractivity contribution in [2.24, 2.45) is 0 Å². The minimum atomic E-state index is 0.659. The standard InChI is InChI=1S/C12H13N3OS.C7H6N2/c1-2-3-8-16-11-14-17-12-13-9-6-4-5-7-10(9)15(11)12;1-2-4-7-6(3-1)8-5-9-7/h4-7H,2-3,8H2,1H3;1-5H,(H,8,9). The molecular weight excluding hydrogens is 346 g/mol. The Balaban J connectivity index is 0.000000157. The third kappa shape index (κ3) is 3.25. The van der Waals surface area contributed by atoms with Crippen LogP contribution in [-0.2, 0) is 0 Å². The fourth-order valence-corrected chi connectivity index (χ4v) is 3.34. The van der Waals surface area contributed by atoms with Crippen LogP contribution < -0.4 is 4.74 Å². The number of benzene rings is 2. The molecule has 26 heavy (non-hydrogen) atoms. The summed E-state index contributed by atoms with van der Waals surface area (Å²) < 4.78 is 12.0. The number of hydrogen-bond donors (Lipinski definition) is 1. The van der Waals surface area contributed by atoms with Gasteiger partial charge >= 0.3 is 6.01 Å². The van der Waals surface area contributed by atoms with E-state index in [2.05, 4.69) is 26.2 Å². The van der Waals surface area contributed by atoms with E-state index >= 15 is 0 Å². The van der Waals surface area contributed by atoms with Gasteiger partial charge in [0.2, 0.25) is 4.96 Å². The van der Waals surface area contributed by atoms with Gasteiger partial charge in [-0.3, -0.25) is 0 Å². The fraction of sp³-hybridized carbons (Fsp3) is 0.211. The molecule has 0 aliphatic carbocycles. The van der Waals surface area contributed by atoms with Gasteiger partial charge in [0.25, 0.3) is 0 Å². The number of unbranched alkanes of at least 4 members (excludes halogenated alkanes) is 1. The zero-order valence-electron chi connectivity index (χ0n) is 14.4. The first-order valence-electron chi connectivity index (χ1n) is 8.60. The fourth-order valence-electron chi connectivity index (χ4n) is 2.65. The zero-order valence-corrected chi connectivity index (χ0v) is 15.2. The van der Waals surface area contributed by atoms with Crippen molar-refractivity contribution in [1.29, 1.82) is 0 Å². The van der Waals surface area contributed by atoms with Gasteiger partial charge in [0.15, 0.2) is 0 Å². The maximum absolute atomic E-state index is 5.69. The maximum Gasteiger partial charge on any atom is 0.314 e. The molecule has 0 bridgehead atoms. The van der Waals surface area contributed by atoms with Gasteiger partial charge in [-0.1, -0.05) is 37.6 Å². The molecule has 0 unspecified atom stereocenters. The Bertz CT molecular complexity index is 1100. The Kier molecular flexibility index (Phi) is 4.79. The number of nitrogens with zero attached hydrogens (tertiary/aromatic N) is 4. The Hall–Kier alpha value is -2.93. The van der Waals surface area contributed by atoms with Crippen LogP contribution in [0.5, 0.6) is 6.01 Å². The van der Waals surface area contributed by atoms with E-state index in [1.54, 1.807) is 6.33 Å². The van der Waals surface area contributed by atoms with Crippen LogP contribution in [0, 0.1) is 0 Å². The summed E-state index contributed by atoms with van der Waals surface area (Å²) in [5, 5.41) is 0. The highest BCUT2D eigenvalue weighted by Crippen LogP contribution is 2.24. The van der Waals surface area contributed by atoms with E-state index in [9.17, 15) is 0 Å². The molecule has 0 spiro atoms. The molecule has 3 heterocycles. The molecule has 7 heteroatoms. The average molecular weight is 365 g/mol. The van der Waals surface area contributed by atoms with Gasteiger partial charge in [-0.05, 0) is 30.7 Å². The molecule has 2 aromatic carbocycles. The number of aromatic nitrogens is 5. The van der Waals surface area contributed by atoms with Crippen LogP contribution in [0.1, 0.15) is 19.8 Å². The maximum atomic E-state index is 5.69. The lowest BCUT2D eigenvalue weighted by Crippen LogP contribution is -2.00. The highest BCUT2D eigenvalue weighted by atomic mass is 32.1. The van der Waals surface area contributed by atoms with Crippen LogP contribution in [0.2, 0.25) is 0 Å². The number of rotatable bonds is 4. The number of imidazole rings is 2. The molecule has 0 atom stereocenters. The van der Waals surface area contributed by atoms with E-state index in [1.807, 2.05) is 52.9 Å². The number of para-hydroxylation sites is 4. The molecule has 0 saturated heterocycles. The molecule has 3 aromatic heterocycles. The summed E-state index contributed by atoms with van der Waals surface area (Å²) in [5.74, 6) is 0. The molecule has 6 nitrogen and oxygen atoms in total. The minimum absolute atomic E-state index is 0.659. The van der Waals surface area contributed by atoms with Crippen molar-refractivity contribution in [3.63, 3.8) is 0 Å². The SMILES string of the molecule is CCCCOc1nsc2nc3ccccc3n12.c1ccc2[nH]cnc2c1. The average Bonchev–Trinajstić information content (AvgIpc) is 3.38. The summed E-state index contributed by atoms with van der Waals surface area (Å²) in [4.78, 5) is 12.5. The number of aromatic amines is 1. The topological polar surface area (TPSA) is 68.1 Å². The summed E-state index contributed by atoms with van der Waals surface area (Å²) in [6, 6.07) is 16.6. The van der Waals surface area contributed by atoms with Gasteiger partial charge in [-0.2, -0.15) is 0 Å². The molecule has 0 radical (unpaired) electrons.